The molecule has 17 heavy (non-hydrogen) atoms. The molecule has 2 aromatic rings. The van der Waals surface area contributed by atoms with E-state index >= 15 is 0 Å². The highest BCUT2D eigenvalue weighted by molar-refractivity contribution is 5.90. The molecule has 0 spiro atoms. The zero-order valence-electron chi connectivity index (χ0n) is 9.41. The number of carboxylic acids is 1. The van der Waals surface area contributed by atoms with Gasteiger partial charge in [0, 0.05) is 12.7 Å². The van der Waals surface area contributed by atoms with Crippen molar-refractivity contribution in [1.82, 2.24) is 14.8 Å². The van der Waals surface area contributed by atoms with Crippen molar-refractivity contribution in [2.75, 3.05) is 0 Å². The average molecular weight is 233 g/mol. The maximum absolute atomic E-state index is 11.0. The van der Waals surface area contributed by atoms with E-state index in [1.807, 2.05) is 0 Å². The van der Waals surface area contributed by atoms with E-state index in [2.05, 4.69) is 10.1 Å². The molecule has 0 aromatic carbocycles. The molecule has 0 aliphatic carbocycles. The first-order chi connectivity index (χ1) is 8.06. The molecule has 6 heteroatoms. The SMILES string of the molecule is Cc1ccc(C(=O)O)c(Oc2cnn(C)c2)n1. The van der Waals surface area contributed by atoms with Gasteiger partial charge in [-0.25, -0.2) is 9.78 Å². The topological polar surface area (TPSA) is 77.2 Å². The normalized spacial score (nSPS) is 10.2. The summed E-state index contributed by atoms with van der Waals surface area (Å²) in [4.78, 5) is 15.0. The van der Waals surface area contributed by atoms with Gasteiger partial charge in [-0.15, -0.1) is 0 Å². The highest BCUT2D eigenvalue weighted by Crippen LogP contribution is 2.23. The first kappa shape index (κ1) is 11.1. The Kier molecular flexibility index (Phi) is 2.78. The molecule has 0 atom stereocenters. The fraction of sp³-hybridized carbons (Fsp3) is 0.182. The van der Waals surface area contributed by atoms with Crippen LogP contribution >= 0.6 is 0 Å². The molecule has 0 fully saturated rings. The Morgan fingerprint density at radius 2 is 2.24 bits per heavy atom. The van der Waals surface area contributed by atoms with E-state index in [0.717, 1.165) is 0 Å². The average Bonchev–Trinajstić information content (AvgIpc) is 2.63. The Labute approximate surface area is 97.5 Å². The van der Waals surface area contributed by atoms with Gasteiger partial charge in [0.1, 0.15) is 5.56 Å². The van der Waals surface area contributed by atoms with Crippen LogP contribution in [0.1, 0.15) is 16.1 Å². The van der Waals surface area contributed by atoms with Crippen molar-refractivity contribution in [3.05, 3.63) is 35.8 Å². The van der Waals surface area contributed by atoms with Gasteiger partial charge in [0.15, 0.2) is 5.75 Å². The molecule has 88 valence electrons. The molecule has 0 saturated heterocycles. The van der Waals surface area contributed by atoms with E-state index in [-0.39, 0.29) is 11.4 Å². The van der Waals surface area contributed by atoms with Crippen LogP contribution in [0, 0.1) is 6.92 Å². The van der Waals surface area contributed by atoms with Gasteiger partial charge in [-0.2, -0.15) is 5.10 Å². The third kappa shape index (κ3) is 2.41. The molecule has 0 radical (unpaired) electrons. The zero-order valence-corrected chi connectivity index (χ0v) is 9.41. The molecular weight excluding hydrogens is 222 g/mol. The third-order valence-electron chi connectivity index (χ3n) is 2.13. The summed E-state index contributed by atoms with van der Waals surface area (Å²) in [6, 6.07) is 3.09. The largest absolute Gasteiger partial charge is 0.477 e. The number of aromatic nitrogens is 3. The number of nitrogens with zero attached hydrogens (tertiary/aromatic N) is 3. The summed E-state index contributed by atoms with van der Waals surface area (Å²) in [7, 11) is 1.74. The number of rotatable bonds is 3. The van der Waals surface area contributed by atoms with Crippen molar-refractivity contribution in [3.8, 4) is 11.6 Å². The Hall–Kier alpha value is -2.37. The number of aryl methyl sites for hydroxylation is 2. The lowest BCUT2D eigenvalue weighted by Gasteiger charge is -2.06. The van der Waals surface area contributed by atoms with E-state index in [1.165, 1.54) is 12.3 Å². The molecule has 2 heterocycles. The number of ether oxygens (including phenoxy) is 1. The Morgan fingerprint density at radius 1 is 1.47 bits per heavy atom. The molecule has 6 nitrogen and oxygen atoms in total. The van der Waals surface area contributed by atoms with E-state index in [4.69, 9.17) is 9.84 Å². The van der Waals surface area contributed by atoms with Crippen LogP contribution in [0.5, 0.6) is 11.6 Å². The summed E-state index contributed by atoms with van der Waals surface area (Å²) in [5.74, 6) is -0.546. The smallest absolute Gasteiger partial charge is 0.341 e. The van der Waals surface area contributed by atoms with Crippen molar-refractivity contribution in [2.45, 2.75) is 6.92 Å². The molecule has 0 bridgehead atoms. The summed E-state index contributed by atoms with van der Waals surface area (Å²) in [6.45, 7) is 1.77. The maximum atomic E-state index is 11.0. The molecule has 2 rings (SSSR count). The minimum Gasteiger partial charge on any atom is -0.477 e. The van der Waals surface area contributed by atoms with E-state index in [9.17, 15) is 4.79 Å². The van der Waals surface area contributed by atoms with Crippen LogP contribution in [-0.2, 0) is 7.05 Å². The number of carboxylic acid groups (broad SMARTS) is 1. The van der Waals surface area contributed by atoms with Crippen LogP contribution in [0.4, 0.5) is 0 Å². The summed E-state index contributed by atoms with van der Waals surface area (Å²) < 4.78 is 6.96. The van der Waals surface area contributed by atoms with Gasteiger partial charge in [-0.1, -0.05) is 0 Å². The first-order valence-electron chi connectivity index (χ1n) is 4.93. The quantitative estimate of drug-likeness (QED) is 0.871. The lowest BCUT2D eigenvalue weighted by molar-refractivity contribution is 0.0693. The van der Waals surface area contributed by atoms with Gasteiger partial charge in [-0.3, -0.25) is 4.68 Å². The van der Waals surface area contributed by atoms with Crippen molar-refractivity contribution >= 4 is 5.97 Å². The second-order valence-corrected chi connectivity index (χ2v) is 3.56. The number of hydrogen-bond donors (Lipinski definition) is 1. The van der Waals surface area contributed by atoms with Gasteiger partial charge < -0.3 is 9.84 Å². The van der Waals surface area contributed by atoms with Gasteiger partial charge in [0.05, 0.1) is 12.4 Å². The molecule has 2 aromatic heterocycles. The standard InChI is InChI=1S/C11H11N3O3/c1-7-3-4-9(11(15)16)10(13-7)17-8-5-12-14(2)6-8/h3-6H,1-2H3,(H,15,16). The Balaban J connectivity index is 2.37. The molecule has 1 N–H and O–H groups in total. The summed E-state index contributed by atoms with van der Waals surface area (Å²) in [5, 5.41) is 12.9. The van der Waals surface area contributed by atoms with Crippen molar-refractivity contribution in [1.29, 1.82) is 0 Å². The number of hydrogen-bond acceptors (Lipinski definition) is 4. The predicted molar refractivity (Wildman–Crippen MR) is 59.2 cm³/mol. The number of carbonyl (C=O) groups is 1. The summed E-state index contributed by atoms with van der Waals surface area (Å²) in [5.41, 5.74) is 0.716. The van der Waals surface area contributed by atoms with Crippen molar-refractivity contribution < 1.29 is 14.6 Å². The van der Waals surface area contributed by atoms with Crippen LogP contribution in [-0.4, -0.2) is 25.8 Å². The molecule has 0 unspecified atom stereocenters. The van der Waals surface area contributed by atoms with E-state index < -0.39 is 5.97 Å². The predicted octanol–water partition coefficient (Wildman–Crippen LogP) is 1.61. The van der Waals surface area contributed by atoms with Crippen LogP contribution in [0.2, 0.25) is 0 Å². The fourth-order valence-electron chi connectivity index (χ4n) is 1.34. The van der Waals surface area contributed by atoms with Crippen LogP contribution in [0.15, 0.2) is 24.5 Å². The second kappa shape index (κ2) is 4.25. The van der Waals surface area contributed by atoms with Gasteiger partial charge in [0.25, 0.3) is 0 Å². The molecule has 0 amide bonds. The van der Waals surface area contributed by atoms with Gasteiger partial charge in [0.2, 0.25) is 5.88 Å². The number of aromatic carboxylic acids is 1. The van der Waals surface area contributed by atoms with E-state index in [1.54, 1.807) is 30.9 Å². The highest BCUT2D eigenvalue weighted by atomic mass is 16.5. The highest BCUT2D eigenvalue weighted by Gasteiger charge is 2.14. The fourth-order valence-corrected chi connectivity index (χ4v) is 1.34. The lowest BCUT2D eigenvalue weighted by atomic mass is 10.2. The van der Waals surface area contributed by atoms with Crippen molar-refractivity contribution in [2.24, 2.45) is 7.05 Å². The van der Waals surface area contributed by atoms with Crippen LogP contribution < -0.4 is 4.74 Å². The number of pyridine rings is 1. The maximum Gasteiger partial charge on any atom is 0.341 e. The van der Waals surface area contributed by atoms with Crippen molar-refractivity contribution in [3.63, 3.8) is 0 Å². The molecule has 0 aliphatic heterocycles. The second-order valence-electron chi connectivity index (χ2n) is 3.56. The summed E-state index contributed by atoms with van der Waals surface area (Å²) >= 11 is 0. The van der Waals surface area contributed by atoms with Gasteiger partial charge >= 0.3 is 5.97 Å². The van der Waals surface area contributed by atoms with Crippen LogP contribution in [0.3, 0.4) is 0 Å². The molecule has 0 aliphatic rings. The van der Waals surface area contributed by atoms with Crippen LogP contribution in [0.25, 0.3) is 0 Å². The summed E-state index contributed by atoms with van der Waals surface area (Å²) in [6.07, 6.45) is 3.13. The van der Waals surface area contributed by atoms with E-state index in [0.29, 0.717) is 11.4 Å². The monoisotopic (exact) mass is 233 g/mol. The minimum absolute atomic E-state index is 0.0273. The molecular formula is C11H11N3O3. The first-order valence-corrected chi connectivity index (χ1v) is 4.93. The zero-order chi connectivity index (χ0) is 12.4. The lowest BCUT2D eigenvalue weighted by Crippen LogP contribution is -2.02. The Morgan fingerprint density at radius 3 is 2.82 bits per heavy atom. The third-order valence-corrected chi connectivity index (χ3v) is 2.13. The van der Waals surface area contributed by atoms with Gasteiger partial charge in [-0.05, 0) is 19.1 Å². The minimum atomic E-state index is -1.07. The molecule has 0 saturated carbocycles. The Bertz CT molecular complexity index is 563.